The van der Waals surface area contributed by atoms with Gasteiger partial charge in [0.15, 0.2) is 0 Å². The minimum absolute atomic E-state index is 0.00957. The number of thiophene rings is 1. The van der Waals surface area contributed by atoms with E-state index < -0.39 is 10.0 Å². The summed E-state index contributed by atoms with van der Waals surface area (Å²) in [5, 5.41) is 7.60. The Morgan fingerprint density at radius 1 is 1.16 bits per heavy atom. The molecule has 2 rings (SSSR count). The summed E-state index contributed by atoms with van der Waals surface area (Å²) in [6.45, 7) is 0. The van der Waals surface area contributed by atoms with Gasteiger partial charge >= 0.3 is 0 Å². The highest BCUT2D eigenvalue weighted by molar-refractivity contribution is 7.89. The van der Waals surface area contributed by atoms with Crippen LogP contribution in [0.25, 0.3) is 0 Å². The van der Waals surface area contributed by atoms with Crippen molar-refractivity contribution in [2.24, 2.45) is 5.14 Å². The Labute approximate surface area is 119 Å². The molecule has 0 aliphatic rings. The highest BCUT2D eigenvalue weighted by Gasteiger charge is 2.10. The molecule has 8 heteroatoms. The summed E-state index contributed by atoms with van der Waals surface area (Å²) in [5.74, 6) is -0.305. The molecular weight excluding hydrogens is 308 g/mol. The van der Waals surface area contributed by atoms with E-state index in [0.29, 0.717) is 14.9 Å². The molecule has 0 aliphatic heterocycles. The fraction of sp³-hybridized carbons (Fsp3) is 0. The van der Waals surface area contributed by atoms with Crippen LogP contribution in [0.1, 0.15) is 9.67 Å². The van der Waals surface area contributed by atoms with E-state index in [0.717, 1.165) is 11.3 Å². The zero-order valence-electron chi connectivity index (χ0n) is 9.46. The summed E-state index contributed by atoms with van der Waals surface area (Å²) in [7, 11) is -3.72. The lowest BCUT2D eigenvalue weighted by atomic mass is 10.3. The molecule has 0 radical (unpaired) electrons. The number of nitrogens with two attached hydrogens (primary N) is 1. The molecule has 2 aromatic rings. The van der Waals surface area contributed by atoms with E-state index in [4.69, 9.17) is 16.7 Å². The molecule has 100 valence electrons. The van der Waals surface area contributed by atoms with Crippen molar-refractivity contribution in [3.8, 4) is 0 Å². The Bertz CT molecular complexity index is 708. The first-order valence-corrected chi connectivity index (χ1v) is 7.80. The van der Waals surface area contributed by atoms with Gasteiger partial charge in [-0.15, -0.1) is 11.3 Å². The van der Waals surface area contributed by atoms with Crippen molar-refractivity contribution in [2.75, 3.05) is 5.32 Å². The third-order valence-corrected chi connectivity index (χ3v) is 4.40. The van der Waals surface area contributed by atoms with Gasteiger partial charge in [-0.2, -0.15) is 0 Å². The number of nitrogens with one attached hydrogen (secondary N) is 1. The number of carbonyl (C=O) groups excluding carboxylic acids is 1. The number of benzene rings is 1. The first kappa shape index (κ1) is 14.0. The molecule has 0 fully saturated rings. The number of carbonyl (C=O) groups is 1. The van der Waals surface area contributed by atoms with Gasteiger partial charge in [-0.3, -0.25) is 4.79 Å². The lowest BCUT2D eigenvalue weighted by Crippen LogP contribution is -2.13. The molecule has 0 saturated heterocycles. The lowest BCUT2D eigenvalue weighted by molar-refractivity contribution is 0.103. The van der Waals surface area contributed by atoms with Crippen LogP contribution >= 0.6 is 22.9 Å². The van der Waals surface area contributed by atoms with Gasteiger partial charge in [-0.1, -0.05) is 11.6 Å². The van der Waals surface area contributed by atoms with Crippen molar-refractivity contribution < 1.29 is 13.2 Å². The molecule has 0 saturated carbocycles. The number of primary sulfonamides is 1. The number of sulfonamides is 1. The van der Waals surface area contributed by atoms with Crippen LogP contribution in [0.15, 0.2) is 41.3 Å². The van der Waals surface area contributed by atoms with Crippen molar-refractivity contribution >= 4 is 44.6 Å². The molecule has 0 unspecified atom stereocenters. The molecule has 1 aromatic carbocycles. The first-order valence-electron chi connectivity index (χ1n) is 5.06. The zero-order valence-corrected chi connectivity index (χ0v) is 11.8. The molecule has 1 heterocycles. The van der Waals surface area contributed by atoms with Crippen molar-refractivity contribution in [1.29, 1.82) is 0 Å². The Morgan fingerprint density at radius 3 is 2.26 bits per heavy atom. The maximum atomic E-state index is 11.8. The average Bonchev–Trinajstić information content (AvgIpc) is 2.75. The molecular formula is C11H9ClN2O3S2. The third-order valence-electron chi connectivity index (χ3n) is 2.24. The Kier molecular flexibility index (Phi) is 3.91. The van der Waals surface area contributed by atoms with E-state index >= 15 is 0 Å². The molecule has 5 nitrogen and oxygen atoms in total. The van der Waals surface area contributed by atoms with E-state index in [1.54, 1.807) is 12.1 Å². The molecule has 3 N–H and O–H groups in total. The highest BCUT2D eigenvalue weighted by atomic mass is 35.5. The minimum atomic E-state index is -3.72. The van der Waals surface area contributed by atoms with Crippen LogP contribution in [-0.4, -0.2) is 14.3 Å². The number of anilines is 1. The van der Waals surface area contributed by atoms with Gasteiger partial charge in [0.2, 0.25) is 10.0 Å². The van der Waals surface area contributed by atoms with Gasteiger partial charge in [0, 0.05) is 5.69 Å². The fourth-order valence-corrected chi connectivity index (χ4v) is 2.81. The summed E-state index contributed by atoms with van der Waals surface area (Å²) >= 11 is 6.90. The smallest absolute Gasteiger partial charge is 0.265 e. The van der Waals surface area contributed by atoms with E-state index in [1.165, 1.54) is 24.3 Å². The standard InChI is InChI=1S/C11H9ClN2O3S2/c12-10-6-5-9(18-10)11(15)14-7-1-3-8(4-2-7)19(13,16)17/h1-6H,(H,14,15)(H2,13,16,17). The number of halogens is 1. The fourth-order valence-electron chi connectivity index (χ4n) is 1.36. The van der Waals surface area contributed by atoms with Gasteiger partial charge in [-0.25, -0.2) is 13.6 Å². The van der Waals surface area contributed by atoms with E-state index in [2.05, 4.69) is 5.32 Å². The van der Waals surface area contributed by atoms with Gasteiger partial charge < -0.3 is 5.32 Å². The van der Waals surface area contributed by atoms with E-state index in [-0.39, 0.29) is 10.8 Å². The molecule has 0 bridgehead atoms. The van der Waals surface area contributed by atoms with Crippen LogP contribution in [0.4, 0.5) is 5.69 Å². The van der Waals surface area contributed by atoms with Crippen LogP contribution in [0.2, 0.25) is 4.34 Å². The van der Waals surface area contributed by atoms with Crippen molar-refractivity contribution in [2.45, 2.75) is 4.90 Å². The largest absolute Gasteiger partial charge is 0.321 e. The monoisotopic (exact) mass is 316 g/mol. The molecule has 0 aliphatic carbocycles. The quantitative estimate of drug-likeness (QED) is 0.910. The van der Waals surface area contributed by atoms with Crippen LogP contribution in [0.3, 0.4) is 0 Å². The lowest BCUT2D eigenvalue weighted by Gasteiger charge is -2.04. The summed E-state index contributed by atoms with van der Waals surface area (Å²) in [6.07, 6.45) is 0. The van der Waals surface area contributed by atoms with Gasteiger partial charge in [0.1, 0.15) is 0 Å². The van der Waals surface area contributed by atoms with Crippen molar-refractivity contribution in [3.63, 3.8) is 0 Å². The maximum absolute atomic E-state index is 11.8. The van der Waals surface area contributed by atoms with Gasteiger partial charge in [0.25, 0.3) is 5.91 Å². The number of rotatable bonds is 3. The number of amides is 1. The predicted molar refractivity (Wildman–Crippen MR) is 75.1 cm³/mol. The van der Waals surface area contributed by atoms with Crippen LogP contribution in [0.5, 0.6) is 0 Å². The maximum Gasteiger partial charge on any atom is 0.265 e. The minimum Gasteiger partial charge on any atom is -0.321 e. The van der Waals surface area contributed by atoms with Crippen molar-refractivity contribution in [1.82, 2.24) is 0 Å². The SMILES string of the molecule is NS(=O)(=O)c1ccc(NC(=O)c2ccc(Cl)s2)cc1. The topological polar surface area (TPSA) is 89.3 Å². The molecule has 1 amide bonds. The first-order chi connectivity index (χ1) is 8.86. The van der Waals surface area contributed by atoms with Crippen LogP contribution in [0, 0.1) is 0 Å². The summed E-state index contributed by atoms with van der Waals surface area (Å²) in [6, 6.07) is 8.82. The Balaban J connectivity index is 2.14. The molecule has 1 aromatic heterocycles. The summed E-state index contributed by atoms with van der Waals surface area (Å²) in [4.78, 5) is 12.3. The van der Waals surface area contributed by atoms with E-state index in [1.807, 2.05) is 0 Å². The van der Waals surface area contributed by atoms with E-state index in [9.17, 15) is 13.2 Å². The summed E-state index contributed by atoms with van der Waals surface area (Å²) < 4.78 is 22.7. The molecule has 0 spiro atoms. The van der Waals surface area contributed by atoms with Crippen LogP contribution < -0.4 is 10.5 Å². The van der Waals surface area contributed by atoms with Crippen LogP contribution in [-0.2, 0) is 10.0 Å². The zero-order chi connectivity index (χ0) is 14.0. The highest BCUT2D eigenvalue weighted by Crippen LogP contribution is 2.22. The summed E-state index contributed by atoms with van der Waals surface area (Å²) in [5.41, 5.74) is 0.474. The number of hydrogen-bond acceptors (Lipinski definition) is 4. The second-order valence-corrected chi connectivity index (χ2v) is 6.90. The molecule has 19 heavy (non-hydrogen) atoms. The normalized spacial score (nSPS) is 11.3. The van der Waals surface area contributed by atoms with Gasteiger partial charge in [0.05, 0.1) is 14.1 Å². The Hall–Kier alpha value is -1.41. The number of hydrogen-bond donors (Lipinski definition) is 2. The Morgan fingerprint density at radius 2 is 1.79 bits per heavy atom. The molecule has 0 atom stereocenters. The second kappa shape index (κ2) is 5.30. The third kappa shape index (κ3) is 3.54. The van der Waals surface area contributed by atoms with Crippen molar-refractivity contribution in [3.05, 3.63) is 45.6 Å². The van der Waals surface area contributed by atoms with Gasteiger partial charge in [-0.05, 0) is 36.4 Å². The predicted octanol–water partition coefficient (Wildman–Crippen LogP) is 2.30. The average molecular weight is 317 g/mol. The second-order valence-electron chi connectivity index (χ2n) is 3.63.